The van der Waals surface area contributed by atoms with E-state index in [1.165, 1.54) is 18.2 Å². The second-order valence-corrected chi connectivity index (χ2v) is 12.7. The van der Waals surface area contributed by atoms with E-state index >= 15 is 0 Å². The molecule has 1 saturated heterocycles. The lowest BCUT2D eigenvalue weighted by molar-refractivity contribution is -0.165. The summed E-state index contributed by atoms with van der Waals surface area (Å²) >= 11 is 14.2. The number of fused-ring (bicyclic) bond motifs is 1. The van der Waals surface area contributed by atoms with Gasteiger partial charge in [0.05, 0.1) is 36.5 Å². The third kappa shape index (κ3) is 7.61. The monoisotopic (exact) mass is 642 g/mol. The number of hydrogen-bond donors (Lipinski definition) is 0. The van der Waals surface area contributed by atoms with Gasteiger partial charge in [-0.15, -0.1) is 11.8 Å². The van der Waals surface area contributed by atoms with E-state index in [-0.39, 0.29) is 27.2 Å². The lowest BCUT2D eigenvalue weighted by Gasteiger charge is -2.16. The van der Waals surface area contributed by atoms with Crippen molar-refractivity contribution in [1.82, 2.24) is 14.4 Å². The molecule has 5 rings (SSSR count). The minimum Gasteiger partial charge on any atom is -0.468 e. The van der Waals surface area contributed by atoms with Crippen LogP contribution in [-0.4, -0.2) is 45.8 Å². The molecule has 220 valence electrons. The van der Waals surface area contributed by atoms with Crippen LogP contribution in [0.2, 0.25) is 10.0 Å². The summed E-state index contributed by atoms with van der Waals surface area (Å²) in [4.78, 5) is 45.8. The number of thioether (sulfide) groups is 1. The molecule has 0 bridgehead atoms. The fourth-order valence-electron chi connectivity index (χ4n) is 4.03. The molecule has 1 aromatic heterocycles. The van der Waals surface area contributed by atoms with Crippen molar-refractivity contribution in [3.8, 4) is 0 Å². The molecule has 0 unspecified atom stereocenters. The van der Waals surface area contributed by atoms with E-state index in [0.29, 0.717) is 41.0 Å². The first-order valence-corrected chi connectivity index (χ1v) is 15.3. The molecular formula is C27H29Cl2FN4O5S2. The topological polar surface area (TPSA) is 95.1 Å². The van der Waals surface area contributed by atoms with Gasteiger partial charge in [0.1, 0.15) is 11.5 Å². The van der Waals surface area contributed by atoms with Crippen LogP contribution >= 0.6 is 46.3 Å². The van der Waals surface area contributed by atoms with Crippen LogP contribution < -0.4 is 9.67 Å². The molecule has 1 fully saturated rings. The molecule has 3 aromatic rings. The SMILES string of the molecule is CC1(C)CON(Cc2ccccc2Cl)C1=O.COC(=O)CSc1cc(/N=c2\sc(=O)n3n2CCCC3)c(F)cc1Cl. The summed E-state index contributed by atoms with van der Waals surface area (Å²) in [6.45, 7) is 5.91. The van der Waals surface area contributed by atoms with Gasteiger partial charge in [0.25, 0.3) is 5.91 Å². The van der Waals surface area contributed by atoms with Crippen LogP contribution in [0.15, 0.2) is 51.1 Å². The highest BCUT2D eigenvalue weighted by Crippen LogP contribution is 2.33. The van der Waals surface area contributed by atoms with Gasteiger partial charge in [0.15, 0.2) is 0 Å². The number of amides is 1. The third-order valence-corrected chi connectivity index (χ3v) is 9.03. The second-order valence-electron chi connectivity index (χ2n) is 9.91. The number of ether oxygens (including phenoxy) is 1. The highest BCUT2D eigenvalue weighted by atomic mass is 35.5. The van der Waals surface area contributed by atoms with E-state index in [4.69, 9.17) is 28.0 Å². The van der Waals surface area contributed by atoms with Crippen LogP contribution in [0.5, 0.6) is 0 Å². The molecule has 0 aliphatic carbocycles. The number of methoxy groups -OCH3 is 1. The Hall–Kier alpha value is -2.64. The first-order valence-electron chi connectivity index (χ1n) is 12.7. The fourth-order valence-corrected chi connectivity index (χ4v) is 6.21. The van der Waals surface area contributed by atoms with Crippen molar-refractivity contribution in [1.29, 1.82) is 0 Å². The second kappa shape index (κ2) is 13.6. The standard InChI is InChI=1S/C15H15ClFN3O3S2.C12H14ClNO2/c1-23-13(21)8-24-12-7-11(10(17)6-9(12)16)18-14-19-4-2-3-5-20(19)15(22)25-14;1-12(2)8-16-14(11(12)15)7-9-5-3-4-6-10(9)13/h6-7H,2-5,8H2,1H3;3-6H,7-8H2,1-2H3/b18-14-;. The van der Waals surface area contributed by atoms with Gasteiger partial charge in [0, 0.05) is 23.0 Å². The van der Waals surface area contributed by atoms with Crippen molar-refractivity contribution in [2.75, 3.05) is 19.5 Å². The summed E-state index contributed by atoms with van der Waals surface area (Å²) in [5.74, 6) is -0.916. The van der Waals surface area contributed by atoms with Gasteiger partial charge in [-0.25, -0.2) is 19.1 Å². The molecule has 0 atom stereocenters. The van der Waals surface area contributed by atoms with E-state index in [0.717, 1.165) is 47.6 Å². The molecule has 2 aliphatic heterocycles. The Kier molecular flexibility index (Phi) is 10.3. The summed E-state index contributed by atoms with van der Waals surface area (Å²) in [6, 6.07) is 10.1. The summed E-state index contributed by atoms with van der Waals surface area (Å²) in [7, 11) is 1.30. The van der Waals surface area contributed by atoms with Crippen molar-refractivity contribution < 1.29 is 23.6 Å². The molecule has 9 nitrogen and oxygen atoms in total. The maximum Gasteiger partial charge on any atom is 0.325 e. The average Bonchev–Trinajstić information content (AvgIpc) is 3.40. The predicted octanol–water partition coefficient (Wildman–Crippen LogP) is 5.44. The van der Waals surface area contributed by atoms with E-state index in [9.17, 15) is 18.8 Å². The number of carbonyl (C=O) groups excluding carboxylic acids is 2. The molecule has 0 saturated carbocycles. The molecule has 2 aromatic carbocycles. The maximum atomic E-state index is 14.3. The van der Waals surface area contributed by atoms with Crippen molar-refractivity contribution >= 4 is 63.9 Å². The van der Waals surface area contributed by atoms with Crippen LogP contribution in [0.25, 0.3) is 0 Å². The third-order valence-electron chi connectivity index (χ3n) is 6.34. The van der Waals surface area contributed by atoms with Crippen LogP contribution in [0, 0.1) is 11.2 Å². The minimum atomic E-state index is -0.580. The van der Waals surface area contributed by atoms with E-state index in [2.05, 4.69) is 9.73 Å². The Morgan fingerprint density at radius 3 is 2.51 bits per heavy atom. The zero-order chi connectivity index (χ0) is 29.7. The van der Waals surface area contributed by atoms with Crippen LogP contribution in [0.4, 0.5) is 10.1 Å². The highest BCUT2D eigenvalue weighted by Gasteiger charge is 2.40. The molecular weight excluding hydrogens is 614 g/mol. The zero-order valence-electron chi connectivity index (χ0n) is 22.7. The summed E-state index contributed by atoms with van der Waals surface area (Å²) < 4.78 is 22.3. The number of halogens is 3. The molecule has 41 heavy (non-hydrogen) atoms. The quantitative estimate of drug-likeness (QED) is 0.263. The molecule has 14 heteroatoms. The van der Waals surface area contributed by atoms with Gasteiger partial charge in [0.2, 0.25) is 4.80 Å². The Morgan fingerprint density at radius 2 is 1.85 bits per heavy atom. The van der Waals surface area contributed by atoms with Gasteiger partial charge in [-0.2, -0.15) is 0 Å². The van der Waals surface area contributed by atoms with E-state index in [1.54, 1.807) is 9.36 Å². The predicted molar refractivity (Wildman–Crippen MR) is 157 cm³/mol. The Balaban J connectivity index is 0.000000208. The van der Waals surface area contributed by atoms with Gasteiger partial charge < -0.3 is 4.74 Å². The first kappa shape index (κ1) is 31.3. The summed E-state index contributed by atoms with van der Waals surface area (Å²) in [5, 5.41) is 2.25. The molecule has 0 N–H and O–H groups in total. The Bertz CT molecular complexity index is 1570. The fraction of sp³-hybridized carbons (Fsp3) is 0.407. The number of benzene rings is 2. The maximum absolute atomic E-state index is 14.3. The van der Waals surface area contributed by atoms with Gasteiger partial charge in [-0.3, -0.25) is 23.9 Å². The number of aromatic nitrogens is 2. The van der Waals surface area contributed by atoms with Crippen molar-refractivity contribution in [2.45, 2.75) is 51.2 Å². The van der Waals surface area contributed by atoms with Gasteiger partial charge >= 0.3 is 10.8 Å². The van der Waals surface area contributed by atoms with Crippen molar-refractivity contribution in [3.63, 3.8) is 0 Å². The highest BCUT2D eigenvalue weighted by molar-refractivity contribution is 8.00. The molecule has 1 amide bonds. The largest absolute Gasteiger partial charge is 0.468 e. The van der Waals surface area contributed by atoms with Crippen molar-refractivity contribution in [3.05, 3.63) is 72.3 Å². The van der Waals surface area contributed by atoms with E-state index < -0.39 is 17.2 Å². The van der Waals surface area contributed by atoms with E-state index in [1.807, 2.05) is 38.1 Å². The summed E-state index contributed by atoms with van der Waals surface area (Å²) in [6.07, 6.45) is 1.90. The first-order chi connectivity index (χ1) is 19.5. The smallest absolute Gasteiger partial charge is 0.325 e. The van der Waals surface area contributed by atoms with Gasteiger partial charge in [-0.1, -0.05) is 41.4 Å². The number of hydroxylamine groups is 2. The molecule has 0 spiro atoms. The normalized spacial score (nSPS) is 16.3. The van der Waals surface area contributed by atoms with Gasteiger partial charge in [-0.05, 0) is 61.8 Å². The number of carbonyl (C=O) groups is 2. The number of esters is 1. The summed E-state index contributed by atoms with van der Waals surface area (Å²) in [5.41, 5.74) is 0.552. The number of hydrogen-bond acceptors (Lipinski definition) is 8. The zero-order valence-corrected chi connectivity index (χ0v) is 25.8. The van der Waals surface area contributed by atoms with Crippen LogP contribution in [0.3, 0.4) is 0 Å². The minimum absolute atomic E-state index is 0.00687. The Morgan fingerprint density at radius 1 is 1.15 bits per heavy atom. The average molecular weight is 644 g/mol. The van der Waals surface area contributed by atoms with Crippen molar-refractivity contribution in [2.24, 2.45) is 10.4 Å². The molecule has 0 radical (unpaired) electrons. The number of nitrogens with zero attached hydrogens (tertiary/aromatic N) is 4. The number of rotatable bonds is 6. The molecule has 2 aliphatic rings. The Labute approximate surface area is 254 Å². The lowest BCUT2D eigenvalue weighted by Crippen LogP contribution is -2.31. The molecule has 3 heterocycles. The van der Waals surface area contributed by atoms with Crippen LogP contribution in [0.1, 0.15) is 32.3 Å². The lowest BCUT2D eigenvalue weighted by atomic mass is 9.95. The van der Waals surface area contributed by atoms with Crippen LogP contribution in [-0.2, 0) is 38.8 Å².